The second-order valence-electron chi connectivity index (χ2n) is 9.36. The summed E-state index contributed by atoms with van der Waals surface area (Å²) in [7, 11) is 0. The van der Waals surface area contributed by atoms with Crippen LogP contribution in [0.5, 0.6) is 0 Å². The predicted molar refractivity (Wildman–Crippen MR) is 154 cm³/mol. The lowest BCUT2D eigenvalue weighted by Gasteiger charge is -2.43. The third-order valence-electron chi connectivity index (χ3n) is 7.57. The first-order valence-corrected chi connectivity index (χ1v) is 13.7. The molecule has 2 aliphatic rings. The quantitative estimate of drug-likeness (QED) is 0.335. The van der Waals surface area contributed by atoms with Crippen molar-refractivity contribution in [3.8, 4) is 0 Å². The first-order chi connectivity index (χ1) is 16.8. The fourth-order valence-electron chi connectivity index (χ4n) is 6.20. The van der Waals surface area contributed by atoms with Gasteiger partial charge in [-0.2, -0.15) is 0 Å². The van der Waals surface area contributed by atoms with Gasteiger partial charge < -0.3 is 29.7 Å². The van der Waals surface area contributed by atoms with E-state index in [0.29, 0.717) is 26.3 Å². The third kappa shape index (κ3) is 3.98. The molecule has 0 saturated heterocycles. The lowest BCUT2D eigenvalue weighted by molar-refractivity contribution is -0.386. The molecule has 0 fully saturated rings. The minimum Gasteiger partial charge on any atom is -0.482 e. The molecule has 0 amide bonds. The largest absolute Gasteiger partial charge is 0.666 e. The first-order valence-electron chi connectivity index (χ1n) is 12.7. The van der Waals surface area contributed by atoms with Crippen molar-refractivity contribution in [3.63, 3.8) is 0 Å². The van der Waals surface area contributed by atoms with Gasteiger partial charge in [0.05, 0.1) is 5.57 Å². The van der Waals surface area contributed by atoms with Crippen molar-refractivity contribution in [3.05, 3.63) is 72.8 Å². The van der Waals surface area contributed by atoms with E-state index >= 15 is 0 Å². The van der Waals surface area contributed by atoms with Gasteiger partial charge in [0.25, 0.3) is 0 Å². The van der Waals surface area contributed by atoms with Gasteiger partial charge in [-0.15, -0.1) is 0 Å². The zero-order chi connectivity index (χ0) is 25.5. The second-order valence-corrected chi connectivity index (χ2v) is 10.6. The number of fused-ring (bicyclic) bond motifs is 2. The summed E-state index contributed by atoms with van der Waals surface area (Å²) in [5.74, 6) is 0. The van der Waals surface area contributed by atoms with Crippen molar-refractivity contribution in [2.75, 3.05) is 26.3 Å². The van der Waals surface area contributed by atoms with Gasteiger partial charge in [0.2, 0.25) is 0 Å². The van der Waals surface area contributed by atoms with Crippen LogP contribution < -0.4 is 11.5 Å². The molecule has 4 N–H and O–H groups in total. The maximum atomic E-state index is 6.74. The van der Waals surface area contributed by atoms with Crippen molar-refractivity contribution in [2.45, 2.75) is 54.4 Å². The second kappa shape index (κ2) is 10.3. The van der Waals surface area contributed by atoms with E-state index < -0.39 is 6.82 Å². The highest BCUT2D eigenvalue weighted by molar-refractivity contribution is 14.1. The fourth-order valence-corrected chi connectivity index (χ4v) is 6.56. The highest BCUT2D eigenvalue weighted by Crippen LogP contribution is 2.47. The highest BCUT2D eigenvalue weighted by Gasteiger charge is 2.57. The smallest absolute Gasteiger partial charge is 0.482 e. The SMILES string of the molecule is CCC1=C(C)C2=C(c3ccc(I)cc3)c3c(C)c(CC)c(C)n3[B-](OCCN)(OCCN)[N+]2=C1C. The minimum atomic E-state index is -2.12. The minimum absolute atomic E-state index is 0.387. The van der Waals surface area contributed by atoms with E-state index in [-0.39, 0.29) is 0 Å². The monoisotopic (exact) mass is 588 g/mol. The number of hydrogen-bond acceptors (Lipinski definition) is 4. The lowest BCUT2D eigenvalue weighted by Crippen LogP contribution is -2.64. The number of hydrogen-bond donors (Lipinski definition) is 2. The number of rotatable bonds is 9. The molecule has 0 unspecified atom stereocenters. The van der Waals surface area contributed by atoms with Crippen LogP contribution in [-0.2, 0) is 15.7 Å². The Morgan fingerprint density at radius 2 is 1.54 bits per heavy atom. The Morgan fingerprint density at radius 1 is 0.943 bits per heavy atom. The molecule has 1 aromatic carbocycles. The van der Waals surface area contributed by atoms with Crippen molar-refractivity contribution in [1.29, 1.82) is 0 Å². The molecule has 1 aromatic heterocycles. The Balaban J connectivity index is 2.21. The maximum Gasteiger partial charge on any atom is 0.666 e. The zero-order valence-corrected chi connectivity index (χ0v) is 24.0. The summed E-state index contributed by atoms with van der Waals surface area (Å²) in [6.45, 7) is 12.8. The van der Waals surface area contributed by atoms with Gasteiger partial charge in [0, 0.05) is 53.6 Å². The van der Waals surface area contributed by atoms with Crippen LogP contribution in [0.15, 0.2) is 41.1 Å². The van der Waals surface area contributed by atoms with Crippen molar-refractivity contribution in [2.24, 2.45) is 11.5 Å². The lowest BCUT2D eigenvalue weighted by atomic mass is 9.78. The molecule has 0 saturated carbocycles. The molecule has 0 atom stereocenters. The van der Waals surface area contributed by atoms with Gasteiger partial charge in [-0.3, -0.25) is 0 Å². The Bertz CT molecular complexity index is 1230. The first kappa shape index (κ1) is 26.4. The number of nitrogens with zero attached hydrogens (tertiary/aromatic N) is 2. The van der Waals surface area contributed by atoms with Gasteiger partial charge in [0.15, 0.2) is 5.70 Å². The van der Waals surface area contributed by atoms with Gasteiger partial charge in [-0.25, -0.2) is 0 Å². The summed E-state index contributed by atoms with van der Waals surface area (Å²) in [5.41, 5.74) is 24.3. The van der Waals surface area contributed by atoms with Gasteiger partial charge in [0.1, 0.15) is 5.71 Å². The number of allylic oxidation sites excluding steroid dienone is 2. The van der Waals surface area contributed by atoms with Gasteiger partial charge in [-0.05, 0) is 90.7 Å². The summed E-state index contributed by atoms with van der Waals surface area (Å²) in [5, 5.41) is 0. The number of aromatic nitrogens is 1. The molecular weight excluding hydrogens is 550 g/mol. The van der Waals surface area contributed by atoms with E-state index in [0.717, 1.165) is 12.8 Å². The molecule has 3 heterocycles. The van der Waals surface area contributed by atoms with Crippen LogP contribution in [0.4, 0.5) is 0 Å². The third-order valence-corrected chi connectivity index (χ3v) is 8.28. The summed E-state index contributed by atoms with van der Waals surface area (Å²) >= 11 is 2.37. The van der Waals surface area contributed by atoms with Crippen LogP contribution in [0.2, 0.25) is 0 Å². The van der Waals surface area contributed by atoms with Crippen LogP contribution >= 0.6 is 22.6 Å². The molecule has 8 heteroatoms. The summed E-state index contributed by atoms with van der Waals surface area (Å²) in [6, 6.07) is 8.82. The van der Waals surface area contributed by atoms with Gasteiger partial charge >= 0.3 is 6.82 Å². The average molecular weight is 588 g/mol. The molecule has 188 valence electrons. The van der Waals surface area contributed by atoms with E-state index in [4.69, 9.17) is 20.8 Å². The molecule has 0 radical (unpaired) electrons. The average Bonchev–Trinajstić information content (AvgIpc) is 3.26. The standard InChI is InChI=1S/C27H38BIN4O2/c1-7-23-17(3)26-25(21-9-11-22(29)12-10-21)27-18(4)24(8-2)20(6)33(27)28(34-15-13-30,35-16-14-31)32(26)19(23)5/h9-12H,7-8,13-16,30-31H2,1-6H3. The number of benzene rings is 1. The van der Waals surface area contributed by atoms with Crippen molar-refractivity contribution >= 4 is 40.7 Å². The Labute approximate surface area is 223 Å². The number of halogens is 1. The Morgan fingerprint density at radius 3 is 2.06 bits per heavy atom. The Hall–Kier alpha value is -1.72. The van der Waals surface area contributed by atoms with Gasteiger partial charge in [-0.1, -0.05) is 26.0 Å². The summed E-state index contributed by atoms with van der Waals surface area (Å²) < 4.78 is 19.3. The van der Waals surface area contributed by atoms with E-state index in [1.54, 1.807) is 0 Å². The normalized spacial score (nSPS) is 16.9. The van der Waals surface area contributed by atoms with Crippen LogP contribution in [0.25, 0.3) is 5.57 Å². The Kier molecular flexibility index (Phi) is 7.78. The number of nitrogens with two attached hydrogens (primary N) is 2. The molecule has 35 heavy (non-hydrogen) atoms. The molecule has 2 aromatic rings. The van der Waals surface area contributed by atoms with E-state index in [1.807, 2.05) is 0 Å². The summed E-state index contributed by atoms with van der Waals surface area (Å²) in [4.78, 5) is 0. The van der Waals surface area contributed by atoms with Crippen molar-refractivity contribution in [1.82, 2.24) is 4.48 Å². The maximum absolute atomic E-state index is 6.74. The van der Waals surface area contributed by atoms with Crippen LogP contribution in [0.3, 0.4) is 0 Å². The molecule has 0 bridgehead atoms. The molecule has 2 aliphatic heterocycles. The molecule has 4 rings (SSSR count). The van der Waals surface area contributed by atoms with Crippen molar-refractivity contribution < 1.29 is 13.8 Å². The van der Waals surface area contributed by atoms with Crippen LogP contribution in [-0.4, -0.2) is 47.8 Å². The molecular formula is C27H38BIN4O2. The molecule has 0 aliphatic carbocycles. The summed E-state index contributed by atoms with van der Waals surface area (Å²) in [6.07, 6.45) is 1.87. The van der Waals surface area contributed by atoms with E-state index in [9.17, 15) is 0 Å². The highest BCUT2D eigenvalue weighted by atomic mass is 127. The van der Waals surface area contributed by atoms with Crippen LogP contribution in [0.1, 0.15) is 62.2 Å². The van der Waals surface area contributed by atoms with E-state index in [1.165, 1.54) is 59.8 Å². The molecule has 0 spiro atoms. The van der Waals surface area contributed by atoms with Crippen LogP contribution in [0, 0.1) is 17.4 Å². The zero-order valence-electron chi connectivity index (χ0n) is 21.9. The fraction of sp³-hybridized carbons (Fsp3) is 0.444. The predicted octanol–water partition coefficient (Wildman–Crippen LogP) is 4.49. The van der Waals surface area contributed by atoms with E-state index in [2.05, 4.69) is 97.4 Å². The topological polar surface area (TPSA) is 78.4 Å². The molecule has 6 nitrogen and oxygen atoms in total.